The molecular weight excluding hydrogens is 538 g/mol. The van der Waals surface area contributed by atoms with E-state index in [1.54, 1.807) is 6.07 Å². The van der Waals surface area contributed by atoms with E-state index in [0.717, 1.165) is 62.9 Å². The zero-order valence-electron chi connectivity index (χ0n) is 21.7. The molecule has 1 heterocycles. The van der Waals surface area contributed by atoms with Crippen molar-refractivity contribution >= 4 is 11.8 Å². The van der Waals surface area contributed by atoms with E-state index in [1.165, 1.54) is 18.2 Å². The molecule has 1 saturated heterocycles. The van der Waals surface area contributed by atoms with Crippen LogP contribution in [-0.4, -0.2) is 54.5 Å². The predicted octanol–water partition coefficient (Wildman–Crippen LogP) is 4.75. The average molecular weight is 571 g/mol. The van der Waals surface area contributed by atoms with Gasteiger partial charge in [-0.2, -0.15) is 26.3 Å². The maximum atomic E-state index is 12.9. The molecule has 0 bridgehead atoms. The van der Waals surface area contributed by atoms with Crippen molar-refractivity contribution in [1.82, 2.24) is 20.9 Å². The summed E-state index contributed by atoms with van der Waals surface area (Å²) in [6.07, 6.45) is -4.49. The summed E-state index contributed by atoms with van der Waals surface area (Å²) in [7, 11) is 0. The van der Waals surface area contributed by atoms with Crippen LogP contribution in [0.5, 0.6) is 0 Å². The average Bonchev–Trinajstić information content (AvgIpc) is 3.38. The molecule has 1 aliphatic carbocycles. The SMILES string of the molecule is O=C(CNC(=O)c1cccc(C(F)(F)F)c1)N[C@@H]1CCN(C2CCC(NCc3cccc(C(F)(F)F)c3)CC2)C1. The molecule has 3 N–H and O–H groups in total. The Kier molecular flexibility index (Phi) is 9.40. The van der Waals surface area contributed by atoms with E-state index in [9.17, 15) is 35.9 Å². The minimum absolute atomic E-state index is 0.0882. The molecule has 2 amide bonds. The Morgan fingerprint density at radius 1 is 0.825 bits per heavy atom. The third kappa shape index (κ3) is 8.20. The summed E-state index contributed by atoms with van der Waals surface area (Å²) in [5.74, 6) is -1.16. The third-order valence-electron chi connectivity index (χ3n) is 7.51. The standard InChI is InChI=1S/C28H32F6N4O2/c29-27(30,31)20-5-1-3-18(13-20)15-35-22-7-9-24(10-8-22)38-12-11-23(17-38)37-25(39)16-36-26(40)19-4-2-6-21(14-19)28(32,33)34/h1-6,13-14,22-24,35H,7-12,15-17H2,(H,36,40)(H,37,39)/t22?,23-,24?/m1/s1. The van der Waals surface area contributed by atoms with Crippen LogP contribution in [-0.2, 0) is 23.7 Å². The molecule has 2 aliphatic rings. The van der Waals surface area contributed by atoms with Crippen molar-refractivity contribution < 1.29 is 35.9 Å². The Morgan fingerprint density at radius 3 is 2.15 bits per heavy atom. The lowest BCUT2D eigenvalue weighted by Gasteiger charge is -2.35. The lowest BCUT2D eigenvalue weighted by atomic mass is 9.90. The molecular formula is C28H32F6N4O2. The minimum Gasteiger partial charge on any atom is -0.350 e. The second-order valence-corrected chi connectivity index (χ2v) is 10.4. The van der Waals surface area contributed by atoms with Crippen molar-refractivity contribution in [2.45, 2.75) is 69.1 Å². The van der Waals surface area contributed by atoms with Gasteiger partial charge in [0.25, 0.3) is 5.91 Å². The minimum atomic E-state index is -4.57. The van der Waals surface area contributed by atoms with E-state index in [2.05, 4.69) is 20.9 Å². The van der Waals surface area contributed by atoms with E-state index in [1.807, 2.05) is 0 Å². The first-order valence-electron chi connectivity index (χ1n) is 13.3. The number of nitrogens with zero attached hydrogens (tertiary/aromatic N) is 1. The number of likely N-dealkylation sites (tertiary alicyclic amines) is 1. The fourth-order valence-electron chi connectivity index (χ4n) is 5.38. The van der Waals surface area contributed by atoms with E-state index < -0.39 is 35.3 Å². The largest absolute Gasteiger partial charge is 0.416 e. The molecule has 1 saturated carbocycles. The lowest BCUT2D eigenvalue weighted by Crippen LogP contribution is -2.45. The van der Waals surface area contributed by atoms with Crippen LogP contribution in [0, 0.1) is 0 Å². The number of halogens is 6. The van der Waals surface area contributed by atoms with Gasteiger partial charge in [0.05, 0.1) is 17.7 Å². The zero-order chi connectivity index (χ0) is 28.9. The summed E-state index contributed by atoms with van der Waals surface area (Å²) in [5, 5.41) is 8.63. The summed E-state index contributed by atoms with van der Waals surface area (Å²) in [5.41, 5.74) is -1.16. The van der Waals surface area contributed by atoms with E-state index in [4.69, 9.17) is 0 Å². The highest BCUT2D eigenvalue weighted by Gasteiger charge is 2.33. The molecule has 218 valence electrons. The van der Waals surface area contributed by atoms with Gasteiger partial charge in [-0.15, -0.1) is 0 Å². The molecule has 0 radical (unpaired) electrons. The summed E-state index contributed by atoms with van der Waals surface area (Å²) in [4.78, 5) is 26.9. The molecule has 0 aromatic heterocycles. The van der Waals surface area contributed by atoms with Gasteiger partial charge in [0.15, 0.2) is 0 Å². The summed E-state index contributed by atoms with van der Waals surface area (Å²) < 4.78 is 77.4. The van der Waals surface area contributed by atoms with Crippen molar-refractivity contribution in [2.75, 3.05) is 19.6 Å². The van der Waals surface area contributed by atoms with E-state index in [0.29, 0.717) is 24.7 Å². The first kappa shape index (κ1) is 29.9. The van der Waals surface area contributed by atoms with Crippen LogP contribution in [0.2, 0.25) is 0 Å². The fraction of sp³-hybridized carbons (Fsp3) is 0.500. The van der Waals surface area contributed by atoms with Gasteiger partial charge < -0.3 is 16.0 Å². The summed E-state index contributed by atoms with van der Waals surface area (Å²) >= 11 is 0. The molecule has 2 aromatic carbocycles. The Morgan fingerprint density at radius 2 is 1.48 bits per heavy atom. The van der Waals surface area contributed by atoms with Gasteiger partial charge in [-0.1, -0.05) is 24.3 Å². The number of carbonyl (C=O) groups is 2. The van der Waals surface area contributed by atoms with Crippen LogP contribution in [0.25, 0.3) is 0 Å². The fourth-order valence-corrected chi connectivity index (χ4v) is 5.38. The Labute approximate surface area is 228 Å². The molecule has 1 atom stereocenters. The van der Waals surface area contributed by atoms with Crippen molar-refractivity contribution in [2.24, 2.45) is 0 Å². The Balaban J connectivity index is 1.15. The van der Waals surface area contributed by atoms with Gasteiger partial charge >= 0.3 is 12.4 Å². The quantitative estimate of drug-likeness (QED) is 0.401. The van der Waals surface area contributed by atoms with Crippen molar-refractivity contribution in [3.8, 4) is 0 Å². The maximum Gasteiger partial charge on any atom is 0.416 e. The monoisotopic (exact) mass is 570 g/mol. The highest BCUT2D eigenvalue weighted by molar-refractivity contribution is 5.96. The normalized spacial score (nSPS) is 22.2. The second kappa shape index (κ2) is 12.6. The number of nitrogens with one attached hydrogen (secondary N) is 3. The molecule has 40 heavy (non-hydrogen) atoms. The third-order valence-corrected chi connectivity index (χ3v) is 7.51. The molecule has 6 nitrogen and oxygen atoms in total. The number of alkyl halides is 6. The van der Waals surface area contributed by atoms with Crippen LogP contribution in [0.4, 0.5) is 26.3 Å². The highest BCUT2D eigenvalue weighted by Crippen LogP contribution is 2.31. The van der Waals surface area contributed by atoms with Crippen LogP contribution in [0.3, 0.4) is 0 Å². The maximum absolute atomic E-state index is 12.9. The number of benzene rings is 2. The van der Waals surface area contributed by atoms with E-state index in [-0.39, 0.29) is 24.2 Å². The number of rotatable bonds is 8. The van der Waals surface area contributed by atoms with Gasteiger partial charge in [0.1, 0.15) is 0 Å². The summed E-state index contributed by atoms with van der Waals surface area (Å²) in [6.45, 7) is 1.52. The second-order valence-electron chi connectivity index (χ2n) is 10.4. The van der Waals surface area contributed by atoms with Gasteiger partial charge in [0.2, 0.25) is 5.91 Å². The van der Waals surface area contributed by atoms with Crippen LogP contribution in [0.1, 0.15) is 59.2 Å². The van der Waals surface area contributed by atoms with Gasteiger partial charge in [-0.25, -0.2) is 0 Å². The number of carbonyl (C=O) groups excluding carboxylic acids is 2. The van der Waals surface area contributed by atoms with Crippen LogP contribution >= 0.6 is 0 Å². The topological polar surface area (TPSA) is 73.5 Å². The molecule has 12 heteroatoms. The Hall–Kier alpha value is -3.12. The molecule has 0 spiro atoms. The Bertz CT molecular complexity index is 1180. The van der Waals surface area contributed by atoms with Crippen molar-refractivity contribution in [3.63, 3.8) is 0 Å². The molecule has 2 aromatic rings. The number of amides is 2. The van der Waals surface area contributed by atoms with Crippen molar-refractivity contribution in [3.05, 3.63) is 70.8 Å². The van der Waals surface area contributed by atoms with Crippen molar-refractivity contribution in [1.29, 1.82) is 0 Å². The van der Waals surface area contributed by atoms with Gasteiger partial charge in [-0.05, 0) is 61.9 Å². The molecule has 2 fully saturated rings. The van der Waals surface area contributed by atoms with E-state index >= 15 is 0 Å². The summed E-state index contributed by atoms with van der Waals surface area (Å²) in [6, 6.07) is 9.86. The lowest BCUT2D eigenvalue weighted by molar-refractivity contribution is -0.138. The molecule has 1 aliphatic heterocycles. The smallest absolute Gasteiger partial charge is 0.350 e. The predicted molar refractivity (Wildman–Crippen MR) is 136 cm³/mol. The number of hydrogen-bond acceptors (Lipinski definition) is 4. The first-order chi connectivity index (χ1) is 18.9. The zero-order valence-corrected chi connectivity index (χ0v) is 21.7. The van der Waals surface area contributed by atoms with Crippen LogP contribution in [0.15, 0.2) is 48.5 Å². The molecule has 4 rings (SSSR count). The first-order valence-corrected chi connectivity index (χ1v) is 13.3. The number of hydrogen-bond donors (Lipinski definition) is 3. The highest BCUT2D eigenvalue weighted by atomic mass is 19.4. The molecule has 0 unspecified atom stereocenters. The van der Waals surface area contributed by atoms with Crippen LogP contribution < -0.4 is 16.0 Å². The van der Waals surface area contributed by atoms with Gasteiger partial charge in [-0.3, -0.25) is 14.5 Å². The van der Waals surface area contributed by atoms with Gasteiger partial charge in [0, 0.05) is 43.3 Å².